The molecule has 1 aromatic carbocycles. The normalized spacial score (nSPS) is 11.1. The Morgan fingerprint density at radius 1 is 1.00 bits per heavy atom. The number of nitrogens with two attached hydrogens (primary N) is 1. The van der Waals surface area contributed by atoms with E-state index < -0.39 is 10.0 Å². The summed E-state index contributed by atoms with van der Waals surface area (Å²) in [6, 6.07) is 9.51. The molecule has 1 amide bonds. The molecule has 0 saturated heterocycles. The molecule has 0 bridgehead atoms. The van der Waals surface area contributed by atoms with Gasteiger partial charge in [0.2, 0.25) is 10.0 Å². The first kappa shape index (κ1) is 17.6. The van der Waals surface area contributed by atoms with Crippen molar-refractivity contribution in [3.8, 4) is 11.4 Å². The number of sulfonamides is 1. The third-order valence-corrected chi connectivity index (χ3v) is 4.49. The van der Waals surface area contributed by atoms with E-state index in [-0.39, 0.29) is 17.3 Å². The predicted octanol–water partition coefficient (Wildman–Crippen LogP) is 1.12. The molecule has 8 nitrogen and oxygen atoms in total. The standard InChI is InChI=1S/C17H15N5O3S/c18-26(24,25)15-3-1-12(2-4-15)9-22-17(23)14-10-20-16(21-11-14)13-5-7-19-8-6-13/h1-8,10-11H,9H2,(H,22,23)(H2,18,24,25). The van der Waals surface area contributed by atoms with Crippen LogP contribution in [-0.2, 0) is 16.6 Å². The lowest BCUT2D eigenvalue weighted by molar-refractivity contribution is 0.0950. The van der Waals surface area contributed by atoms with Gasteiger partial charge in [-0.2, -0.15) is 0 Å². The van der Waals surface area contributed by atoms with Crippen LogP contribution in [0.25, 0.3) is 11.4 Å². The van der Waals surface area contributed by atoms with Crippen molar-refractivity contribution in [2.45, 2.75) is 11.4 Å². The monoisotopic (exact) mass is 369 g/mol. The van der Waals surface area contributed by atoms with Crippen molar-refractivity contribution in [2.75, 3.05) is 0 Å². The van der Waals surface area contributed by atoms with Crippen LogP contribution in [0.5, 0.6) is 0 Å². The number of primary sulfonamides is 1. The highest BCUT2D eigenvalue weighted by Crippen LogP contribution is 2.12. The van der Waals surface area contributed by atoms with Crippen molar-refractivity contribution in [1.82, 2.24) is 20.3 Å². The smallest absolute Gasteiger partial charge is 0.254 e. The zero-order chi connectivity index (χ0) is 18.6. The minimum Gasteiger partial charge on any atom is -0.348 e. The second kappa shape index (κ2) is 7.38. The summed E-state index contributed by atoms with van der Waals surface area (Å²) in [7, 11) is -3.73. The third kappa shape index (κ3) is 4.26. The van der Waals surface area contributed by atoms with E-state index in [4.69, 9.17) is 5.14 Å². The average molecular weight is 369 g/mol. The molecule has 0 radical (unpaired) electrons. The van der Waals surface area contributed by atoms with Crippen LogP contribution in [0, 0.1) is 0 Å². The molecule has 0 aliphatic carbocycles. The highest BCUT2D eigenvalue weighted by atomic mass is 32.2. The van der Waals surface area contributed by atoms with Gasteiger partial charge in [-0.1, -0.05) is 12.1 Å². The van der Waals surface area contributed by atoms with E-state index in [0.29, 0.717) is 11.4 Å². The number of benzene rings is 1. The molecule has 132 valence electrons. The van der Waals surface area contributed by atoms with Crippen LogP contribution in [-0.4, -0.2) is 29.3 Å². The molecule has 0 atom stereocenters. The number of hydrogen-bond acceptors (Lipinski definition) is 6. The van der Waals surface area contributed by atoms with Gasteiger partial charge in [0.05, 0.1) is 10.5 Å². The largest absolute Gasteiger partial charge is 0.348 e. The average Bonchev–Trinajstić information content (AvgIpc) is 2.66. The predicted molar refractivity (Wildman–Crippen MR) is 94.2 cm³/mol. The van der Waals surface area contributed by atoms with Crippen molar-refractivity contribution in [3.05, 3.63) is 72.3 Å². The third-order valence-electron chi connectivity index (χ3n) is 3.56. The Kier molecular flexibility index (Phi) is 5.01. The summed E-state index contributed by atoms with van der Waals surface area (Å²) < 4.78 is 22.4. The lowest BCUT2D eigenvalue weighted by Gasteiger charge is -2.06. The molecule has 2 aromatic heterocycles. The first-order valence-corrected chi connectivity index (χ1v) is 9.10. The van der Waals surface area contributed by atoms with Gasteiger partial charge in [-0.25, -0.2) is 23.5 Å². The van der Waals surface area contributed by atoms with Crippen LogP contribution in [0.15, 0.2) is 66.1 Å². The molecule has 0 unspecified atom stereocenters. The molecular formula is C17H15N5O3S. The molecule has 0 spiro atoms. The lowest BCUT2D eigenvalue weighted by atomic mass is 10.2. The maximum atomic E-state index is 12.2. The van der Waals surface area contributed by atoms with Gasteiger partial charge in [-0.05, 0) is 29.8 Å². The summed E-state index contributed by atoms with van der Waals surface area (Å²) in [5.41, 5.74) is 1.87. The molecule has 0 saturated carbocycles. The second-order valence-electron chi connectivity index (χ2n) is 5.40. The first-order valence-electron chi connectivity index (χ1n) is 7.56. The van der Waals surface area contributed by atoms with Crippen LogP contribution in [0.1, 0.15) is 15.9 Å². The summed E-state index contributed by atoms with van der Waals surface area (Å²) in [4.78, 5) is 24.5. The Bertz CT molecular complexity index is 1000. The quantitative estimate of drug-likeness (QED) is 0.693. The van der Waals surface area contributed by atoms with Crippen molar-refractivity contribution in [3.63, 3.8) is 0 Å². The molecule has 26 heavy (non-hydrogen) atoms. The highest BCUT2D eigenvalue weighted by Gasteiger charge is 2.09. The zero-order valence-corrected chi connectivity index (χ0v) is 14.3. The number of nitrogens with zero attached hydrogens (tertiary/aromatic N) is 3. The van der Waals surface area contributed by atoms with Gasteiger partial charge in [-0.15, -0.1) is 0 Å². The minimum absolute atomic E-state index is 0.0210. The molecule has 3 aromatic rings. The van der Waals surface area contributed by atoms with Crippen LogP contribution < -0.4 is 10.5 Å². The van der Waals surface area contributed by atoms with Crippen LogP contribution in [0.3, 0.4) is 0 Å². The molecule has 0 aliphatic rings. The van der Waals surface area contributed by atoms with Crippen LogP contribution >= 0.6 is 0 Å². The minimum atomic E-state index is -3.73. The van der Waals surface area contributed by atoms with Gasteiger partial charge in [-0.3, -0.25) is 9.78 Å². The number of pyridine rings is 1. The Labute approximate surface area is 150 Å². The lowest BCUT2D eigenvalue weighted by Crippen LogP contribution is -2.23. The Morgan fingerprint density at radius 2 is 1.62 bits per heavy atom. The van der Waals surface area contributed by atoms with Crippen molar-refractivity contribution < 1.29 is 13.2 Å². The van der Waals surface area contributed by atoms with Gasteiger partial charge in [0.1, 0.15) is 0 Å². The maximum Gasteiger partial charge on any atom is 0.254 e. The number of nitrogens with one attached hydrogen (secondary N) is 1. The second-order valence-corrected chi connectivity index (χ2v) is 6.96. The number of rotatable bonds is 5. The Morgan fingerprint density at radius 3 is 2.19 bits per heavy atom. The number of hydrogen-bond donors (Lipinski definition) is 2. The van der Waals surface area contributed by atoms with Crippen molar-refractivity contribution in [2.24, 2.45) is 5.14 Å². The summed E-state index contributed by atoms with van der Waals surface area (Å²) in [5, 5.41) is 7.77. The summed E-state index contributed by atoms with van der Waals surface area (Å²) in [6.07, 6.45) is 6.17. The van der Waals surface area contributed by atoms with Crippen LogP contribution in [0.4, 0.5) is 0 Å². The maximum absolute atomic E-state index is 12.2. The Balaban J connectivity index is 1.63. The van der Waals surface area contributed by atoms with E-state index in [1.165, 1.54) is 24.5 Å². The fourth-order valence-electron chi connectivity index (χ4n) is 2.18. The van der Waals surface area contributed by atoms with Gasteiger partial charge in [0.15, 0.2) is 5.82 Å². The molecule has 3 rings (SSSR count). The number of carbonyl (C=O) groups is 1. The van der Waals surface area contributed by atoms with Gasteiger partial charge in [0.25, 0.3) is 5.91 Å². The summed E-state index contributed by atoms with van der Waals surface area (Å²) in [5.74, 6) is 0.171. The zero-order valence-electron chi connectivity index (χ0n) is 13.5. The summed E-state index contributed by atoms with van der Waals surface area (Å²) in [6.45, 7) is 0.232. The number of amides is 1. The fraction of sp³-hybridized carbons (Fsp3) is 0.0588. The SMILES string of the molecule is NS(=O)(=O)c1ccc(CNC(=O)c2cnc(-c3ccncc3)nc2)cc1. The van der Waals surface area contributed by atoms with Crippen molar-refractivity contribution >= 4 is 15.9 Å². The van der Waals surface area contributed by atoms with Crippen molar-refractivity contribution in [1.29, 1.82) is 0 Å². The molecule has 0 aliphatic heterocycles. The number of carbonyl (C=O) groups excluding carboxylic acids is 1. The van der Waals surface area contributed by atoms with E-state index in [2.05, 4.69) is 20.3 Å². The fourth-order valence-corrected chi connectivity index (χ4v) is 2.69. The topological polar surface area (TPSA) is 128 Å². The van der Waals surface area contributed by atoms with E-state index in [9.17, 15) is 13.2 Å². The highest BCUT2D eigenvalue weighted by molar-refractivity contribution is 7.89. The summed E-state index contributed by atoms with van der Waals surface area (Å²) >= 11 is 0. The van der Waals surface area contributed by atoms with E-state index in [1.54, 1.807) is 36.7 Å². The molecule has 0 fully saturated rings. The van der Waals surface area contributed by atoms with Gasteiger partial charge < -0.3 is 5.32 Å². The van der Waals surface area contributed by atoms with E-state index in [0.717, 1.165) is 11.1 Å². The van der Waals surface area contributed by atoms with Gasteiger partial charge in [0, 0.05) is 36.9 Å². The molecule has 9 heteroatoms. The molecule has 2 heterocycles. The first-order chi connectivity index (χ1) is 12.4. The molecule has 3 N–H and O–H groups in total. The molecular weight excluding hydrogens is 354 g/mol. The Hall–Kier alpha value is -3.17. The number of aromatic nitrogens is 3. The van der Waals surface area contributed by atoms with Gasteiger partial charge >= 0.3 is 0 Å². The van der Waals surface area contributed by atoms with Crippen LogP contribution in [0.2, 0.25) is 0 Å². The van der Waals surface area contributed by atoms with E-state index >= 15 is 0 Å². The van der Waals surface area contributed by atoms with E-state index in [1.807, 2.05) is 0 Å².